The van der Waals surface area contributed by atoms with E-state index in [0.29, 0.717) is 12.6 Å². The lowest BCUT2D eigenvalue weighted by Crippen LogP contribution is -2.50. The molecule has 2 aliphatic rings. The first-order valence-electron chi connectivity index (χ1n) is 10.8. The molecular weight excluding hydrogens is 515 g/mol. The zero-order chi connectivity index (χ0) is 20.5. The van der Waals surface area contributed by atoms with Gasteiger partial charge in [0.25, 0.3) is 0 Å². The van der Waals surface area contributed by atoms with Crippen LogP contribution in [0.2, 0.25) is 0 Å². The van der Waals surface area contributed by atoms with Gasteiger partial charge in [0, 0.05) is 50.7 Å². The quantitative estimate of drug-likeness (QED) is 0.198. The van der Waals surface area contributed by atoms with Gasteiger partial charge >= 0.3 is 0 Å². The highest BCUT2D eigenvalue weighted by Gasteiger charge is 2.27. The largest absolute Gasteiger partial charge is 0.357 e. The second kappa shape index (κ2) is 12.8. The van der Waals surface area contributed by atoms with Crippen molar-refractivity contribution in [3.05, 3.63) is 24.5 Å². The summed E-state index contributed by atoms with van der Waals surface area (Å²) in [6, 6.07) is 4.35. The first-order chi connectivity index (χ1) is 14.1. The van der Waals surface area contributed by atoms with E-state index in [4.69, 9.17) is 0 Å². The van der Waals surface area contributed by atoms with Crippen LogP contribution < -0.4 is 15.4 Å². The van der Waals surface area contributed by atoms with Crippen molar-refractivity contribution in [2.24, 2.45) is 4.99 Å². The SMILES string of the molecule is CCNC(=NCCNS(=O)(=O)c1cccnc1)NC1CCN(C2CCCC2)CC1.I. The molecule has 1 saturated carbocycles. The number of aliphatic imine (C=N–C) groups is 1. The average Bonchev–Trinajstić information content (AvgIpc) is 3.27. The second-order valence-corrected chi connectivity index (χ2v) is 9.51. The van der Waals surface area contributed by atoms with Gasteiger partial charge in [-0.2, -0.15) is 0 Å². The zero-order valence-corrected chi connectivity index (χ0v) is 20.9. The molecule has 0 amide bonds. The minimum absolute atomic E-state index is 0. The Balaban J connectivity index is 0.00000320. The van der Waals surface area contributed by atoms with Crippen molar-refractivity contribution in [2.45, 2.75) is 62.4 Å². The second-order valence-electron chi connectivity index (χ2n) is 7.74. The van der Waals surface area contributed by atoms with Crippen LogP contribution >= 0.6 is 24.0 Å². The normalized spacial score (nSPS) is 19.4. The van der Waals surface area contributed by atoms with Crippen LogP contribution in [0.25, 0.3) is 0 Å². The highest BCUT2D eigenvalue weighted by atomic mass is 127. The predicted molar refractivity (Wildman–Crippen MR) is 131 cm³/mol. The molecule has 2 heterocycles. The van der Waals surface area contributed by atoms with Crippen LogP contribution in [0.4, 0.5) is 0 Å². The fourth-order valence-electron chi connectivity index (χ4n) is 4.13. The molecule has 1 aliphatic heterocycles. The van der Waals surface area contributed by atoms with Gasteiger partial charge in [0.15, 0.2) is 5.96 Å². The molecule has 0 atom stereocenters. The summed E-state index contributed by atoms with van der Waals surface area (Å²) in [5.74, 6) is 0.757. The Hall–Kier alpha value is -0.980. The Labute approximate surface area is 197 Å². The summed E-state index contributed by atoms with van der Waals surface area (Å²) < 4.78 is 27.0. The summed E-state index contributed by atoms with van der Waals surface area (Å²) >= 11 is 0. The first kappa shape index (κ1) is 25.3. The topological polar surface area (TPSA) is 98.7 Å². The van der Waals surface area contributed by atoms with Crippen LogP contribution in [0.5, 0.6) is 0 Å². The number of aromatic nitrogens is 1. The molecule has 0 unspecified atom stereocenters. The van der Waals surface area contributed by atoms with E-state index in [9.17, 15) is 8.42 Å². The van der Waals surface area contributed by atoms with E-state index in [1.165, 1.54) is 37.9 Å². The molecule has 3 N–H and O–H groups in total. The number of nitrogens with one attached hydrogen (secondary N) is 3. The van der Waals surface area contributed by atoms with Gasteiger partial charge in [-0.3, -0.25) is 9.98 Å². The number of halogens is 1. The van der Waals surface area contributed by atoms with Crippen LogP contribution in [0.1, 0.15) is 45.4 Å². The number of piperidine rings is 1. The van der Waals surface area contributed by atoms with E-state index in [-0.39, 0.29) is 35.4 Å². The summed E-state index contributed by atoms with van der Waals surface area (Å²) in [6.45, 7) is 5.71. The van der Waals surface area contributed by atoms with Crippen LogP contribution in [-0.4, -0.2) is 69.1 Å². The summed E-state index contributed by atoms with van der Waals surface area (Å²) in [5, 5.41) is 6.79. The third kappa shape index (κ3) is 7.61. The summed E-state index contributed by atoms with van der Waals surface area (Å²) in [6.07, 6.45) is 10.6. The Bertz CT molecular complexity index is 748. The molecule has 30 heavy (non-hydrogen) atoms. The molecule has 3 rings (SSSR count). The lowest BCUT2D eigenvalue weighted by atomic mass is 10.0. The van der Waals surface area contributed by atoms with E-state index >= 15 is 0 Å². The Kier molecular flexibility index (Phi) is 10.8. The van der Waals surface area contributed by atoms with Gasteiger partial charge in [0.2, 0.25) is 10.0 Å². The standard InChI is InChI=1S/C20H34N6O2S.HI/c1-2-22-20(23-12-13-24-29(27,28)19-8-5-11-21-16-19)25-17-9-14-26(15-10-17)18-6-3-4-7-18;/h5,8,11,16-18,24H,2-4,6-7,9-10,12-15H2,1H3,(H2,22,23,25);1H. The maximum atomic E-state index is 12.2. The monoisotopic (exact) mass is 550 g/mol. The molecular formula is C20H35IN6O2S. The number of pyridine rings is 1. The molecule has 0 aromatic carbocycles. The molecule has 1 aromatic rings. The van der Waals surface area contributed by atoms with Crippen LogP contribution in [0.15, 0.2) is 34.4 Å². The Morgan fingerprint density at radius 3 is 2.60 bits per heavy atom. The number of rotatable bonds is 8. The summed E-state index contributed by atoms with van der Waals surface area (Å²) in [7, 11) is -3.54. The van der Waals surface area contributed by atoms with Crippen LogP contribution in [-0.2, 0) is 10.0 Å². The average molecular weight is 551 g/mol. The van der Waals surface area contributed by atoms with Gasteiger partial charge in [-0.25, -0.2) is 13.1 Å². The number of hydrogen-bond donors (Lipinski definition) is 3. The molecule has 2 fully saturated rings. The summed E-state index contributed by atoms with van der Waals surface area (Å²) in [4.78, 5) is 11.2. The van der Waals surface area contributed by atoms with Crippen LogP contribution in [0, 0.1) is 0 Å². The number of nitrogens with zero attached hydrogens (tertiary/aromatic N) is 3. The van der Waals surface area contributed by atoms with Crippen molar-refractivity contribution in [1.29, 1.82) is 0 Å². The predicted octanol–water partition coefficient (Wildman–Crippen LogP) is 1.94. The van der Waals surface area contributed by atoms with Crippen molar-refractivity contribution in [2.75, 3.05) is 32.7 Å². The van der Waals surface area contributed by atoms with Crippen molar-refractivity contribution in [1.82, 2.24) is 25.2 Å². The van der Waals surface area contributed by atoms with Gasteiger partial charge in [0.1, 0.15) is 4.90 Å². The molecule has 1 aromatic heterocycles. The number of likely N-dealkylation sites (tertiary alicyclic amines) is 1. The molecule has 170 valence electrons. The highest BCUT2D eigenvalue weighted by molar-refractivity contribution is 14.0. The molecule has 10 heteroatoms. The van der Waals surface area contributed by atoms with Crippen molar-refractivity contribution in [3.63, 3.8) is 0 Å². The summed E-state index contributed by atoms with van der Waals surface area (Å²) in [5.41, 5.74) is 0. The fraction of sp³-hybridized carbons (Fsp3) is 0.700. The van der Waals surface area contributed by atoms with E-state index in [0.717, 1.165) is 44.5 Å². The minimum Gasteiger partial charge on any atom is -0.357 e. The smallest absolute Gasteiger partial charge is 0.242 e. The molecule has 0 spiro atoms. The van der Waals surface area contributed by atoms with E-state index < -0.39 is 10.0 Å². The molecule has 0 bridgehead atoms. The minimum atomic E-state index is -3.54. The highest BCUT2D eigenvalue weighted by Crippen LogP contribution is 2.26. The first-order valence-corrected chi connectivity index (χ1v) is 12.3. The molecule has 1 saturated heterocycles. The molecule has 8 nitrogen and oxygen atoms in total. The van der Waals surface area contributed by atoms with Crippen molar-refractivity contribution >= 4 is 40.0 Å². The van der Waals surface area contributed by atoms with Crippen molar-refractivity contribution < 1.29 is 8.42 Å². The van der Waals surface area contributed by atoms with Gasteiger partial charge in [0.05, 0.1) is 6.54 Å². The van der Waals surface area contributed by atoms with Gasteiger partial charge in [-0.1, -0.05) is 12.8 Å². The van der Waals surface area contributed by atoms with E-state index in [1.54, 1.807) is 12.3 Å². The lowest BCUT2D eigenvalue weighted by Gasteiger charge is -2.36. The van der Waals surface area contributed by atoms with Gasteiger partial charge < -0.3 is 15.5 Å². The third-order valence-corrected chi connectivity index (χ3v) is 7.12. The van der Waals surface area contributed by atoms with E-state index in [2.05, 4.69) is 30.2 Å². The Morgan fingerprint density at radius 1 is 1.23 bits per heavy atom. The van der Waals surface area contributed by atoms with E-state index in [1.807, 2.05) is 6.92 Å². The number of hydrogen-bond acceptors (Lipinski definition) is 5. The zero-order valence-electron chi connectivity index (χ0n) is 17.7. The molecule has 1 aliphatic carbocycles. The van der Waals surface area contributed by atoms with Gasteiger partial charge in [-0.15, -0.1) is 24.0 Å². The van der Waals surface area contributed by atoms with Crippen molar-refractivity contribution in [3.8, 4) is 0 Å². The maximum Gasteiger partial charge on any atom is 0.242 e. The Morgan fingerprint density at radius 2 is 1.97 bits per heavy atom. The molecule has 0 radical (unpaired) electrons. The van der Waals surface area contributed by atoms with Gasteiger partial charge in [-0.05, 0) is 44.7 Å². The fourth-order valence-corrected chi connectivity index (χ4v) is 5.11. The third-order valence-electron chi connectivity index (χ3n) is 5.67. The lowest BCUT2D eigenvalue weighted by molar-refractivity contribution is 0.150. The number of sulfonamides is 1. The maximum absolute atomic E-state index is 12.2. The van der Waals surface area contributed by atoms with Crippen LogP contribution in [0.3, 0.4) is 0 Å². The number of guanidine groups is 1.